The van der Waals surface area contributed by atoms with Crippen molar-refractivity contribution in [3.63, 3.8) is 0 Å². The largest absolute Gasteiger partial charge is 0.382 e. The average molecular weight is 310 g/mol. The molecule has 0 saturated carbocycles. The van der Waals surface area contributed by atoms with E-state index in [1.165, 1.54) is 0 Å². The Balaban J connectivity index is 4.05. The van der Waals surface area contributed by atoms with Crippen LogP contribution in [0, 0.1) is 0 Å². The topological polar surface area (TPSA) is 64.6 Å². The average Bonchev–Trinajstić information content (AvgIpc) is 2.49. The quantitative estimate of drug-likeness (QED) is 0.381. The van der Waals surface area contributed by atoms with Gasteiger partial charge in [0.25, 0.3) is 0 Å². The maximum absolute atomic E-state index is 5.77. The van der Waals surface area contributed by atoms with Crippen molar-refractivity contribution < 1.29 is 33.2 Å². The maximum Gasteiger partial charge on any atom is 0.109 e. The highest BCUT2D eigenvalue weighted by molar-refractivity contribution is 4.70. The van der Waals surface area contributed by atoms with Crippen LogP contribution in [0.2, 0.25) is 0 Å². The van der Waals surface area contributed by atoms with Crippen LogP contribution in [0.25, 0.3) is 0 Å². The van der Waals surface area contributed by atoms with Gasteiger partial charge < -0.3 is 33.2 Å². The highest BCUT2D eigenvalue weighted by Crippen LogP contribution is 2.06. The first-order valence-corrected chi connectivity index (χ1v) is 7.06. The van der Waals surface area contributed by atoms with Gasteiger partial charge in [-0.05, 0) is 0 Å². The van der Waals surface area contributed by atoms with Crippen molar-refractivity contribution in [2.45, 2.75) is 12.2 Å². The minimum Gasteiger partial charge on any atom is -0.382 e. The zero-order valence-corrected chi connectivity index (χ0v) is 13.7. The molecular formula is C14H30O7. The van der Waals surface area contributed by atoms with Crippen LogP contribution in [0.3, 0.4) is 0 Å². The summed E-state index contributed by atoms with van der Waals surface area (Å²) >= 11 is 0. The first-order valence-electron chi connectivity index (χ1n) is 7.06. The maximum atomic E-state index is 5.77. The molecule has 2 atom stereocenters. The minimum atomic E-state index is -0.210. The van der Waals surface area contributed by atoms with Crippen molar-refractivity contribution in [2.24, 2.45) is 0 Å². The molecule has 0 fully saturated rings. The van der Waals surface area contributed by atoms with E-state index in [2.05, 4.69) is 0 Å². The molecule has 0 bridgehead atoms. The molecule has 0 heterocycles. The van der Waals surface area contributed by atoms with Crippen LogP contribution in [-0.2, 0) is 33.2 Å². The number of ether oxygens (including phenoxy) is 7. The highest BCUT2D eigenvalue weighted by atomic mass is 16.6. The van der Waals surface area contributed by atoms with Crippen LogP contribution in [0.15, 0.2) is 0 Å². The predicted molar refractivity (Wildman–Crippen MR) is 77.8 cm³/mol. The van der Waals surface area contributed by atoms with Crippen LogP contribution >= 0.6 is 0 Å². The molecule has 0 spiro atoms. The van der Waals surface area contributed by atoms with E-state index in [4.69, 9.17) is 33.2 Å². The fourth-order valence-electron chi connectivity index (χ4n) is 1.64. The molecule has 0 aliphatic carbocycles. The van der Waals surface area contributed by atoms with E-state index in [0.29, 0.717) is 52.9 Å². The first kappa shape index (κ1) is 20.7. The molecule has 0 saturated heterocycles. The summed E-state index contributed by atoms with van der Waals surface area (Å²) in [5.41, 5.74) is 0. The van der Waals surface area contributed by atoms with E-state index in [-0.39, 0.29) is 12.2 Å². The van der Waals surface area contributed by atoms with E-state index in [0.717, 1.165) is 0 Å². The Labute approximate surface area is 127 Å². The van der Waals surface area contributed by atoms with E-state index < -0.39 is 0 Å². The zero-order chi connectivity index (χ0) is 15.8. The van der Waals surface area contributed by atoms with Gasteiger partial charge in [0.15, 0.2) is 0 Å². The Hall–Kier alpha value is -0.280. The van der Waals surface area contributed by atoms with Crippen LogP contribution < -0.4 is 0 Å². The van der Waals surface area contributed by atoms with Gasteiger partial charge in [-0.3, -0.25) is 0 Å². The van der Waals surface area contributed by atoms with E-state index in [1.54, 1.807) is 28.4 Å². The molecule has 128 valence electrons. The fraction of sp³-hybridized carbons (Fsp3) is 1.00. The van der Waals surface area contributed by atoms with Crippen LogP contribution in [0.4, 0.5) is 0 Å². The molecule has 2 unspecified atom stereocenters. The van der Waals surface area contributed by atoms with Crippen LogP contribution in [-0.4, -0.2) is 93.5 Å². The van der Waals surface area contributed by atoms with Crippen molar-refractivity contribution >= 4 is 0 Å². The molecule has 0 aliphatic heterocycles. The van der Waals surface area contributed by atoms with Gasteiger partial charge in [-0.15, -0.1) is 0 Å². The Bertz CT molecular complexity index is 204. The summed E-state index contributed by atoms with van der Waals surface area (Å²) in [7, 11) is 6.53. The SMILES string of the molecule is COCCOCCOC(COC)C(COC)OCCOC. The van der Waals surface area contributed by atoms with Gasteiger partial charge in [0, 0.05) is 28.4 Å². The van der Waals surface area contributed by atoms with Gasteiger partial charge in [0.1, 0.15) is 12.2 Å². The van der Waals surface area contributed by atoms with Crippen molar-refractivity contribution in [3.05, 3.63) is 0 Å². The van der Waals surface area contributed by atoms with E-state index in [9.17, 15) is 0 Å². The van der Waals surface area contributed by atoms with Gasteiger partial charge >= 0.3 is 0 Å². The highest BCUT2D eigenvalue weighted by Gasteiger charge is 2.23. The third-order valence-electron chi connectivity index (χ3n) is 2.69. The van der Waals surface area contributed by atoms with E-state index in [1.807, 2.05) is 0 Å². The van der Waals surface area contributed by atoms with Crippen molar-refractivity contribution in [1.29, 1.82) is 0 Å². The minimum absolute atomic E-state index is 0.205. The van der Waals surface area contributed by atoms with Gasteiger partial charge in [0.2, 0.25) is 0 Å². The Kier molecular flexibility index (Phi) is 15.9. The molecule has 0 aliphatic rings. The Morgan fingerprint density at radius 3 is 1.43 bits per heavy atom. The van der Waals surface area contributed by atoms with Gasteiger partial charge in [-0.25, -0.2) is 0 Å². The van der Waals surface area contributed by atoms with E-state index >= 15 is 0 Å². The van der Waals surface area contributed by atoms with Crippen LogP contribution in [0.1, 0.15) is 0 Å². The number of rotatable bonds is 16. The summed E-state index contributed by atoms with van der Waals surface area (Å²) in [6.45, 7) is 3.97. The smallest absolute Gasteiger partial charge is 0.109 e. The summed E-state index contributed by atoms with van der Waals surface area (Å²) in [6.07, 6.45) is -0.415. The second-order valence-corrected chi connectivity index (χ2v) is 4.33. The third-order valence-corrected chi connectivity index (χ3v) is 2.69. The fourth-order valence-corrected chi connectivity index (χ4v) is 1.64. The van der Waals surface area contributed by atoms with Crippen molar-refractivity contribution in [3.8, 4) is 0 Å². The molecule has 0 rings (SSSR count). The lowest BCUT2D eigenvalue weighted by Gasteiger charge is -2.26. The third kappa shape index (κ3) is 12.0. The molecule has 0 aromatic carbocycles. The second kappa shape index (κ2) is 16.1. The molecule has 0 aromatic rings. The summed E-state index contributed by atoms with van der Waals surface area (Å²) in [6, 6.07) is 0. The summed E-state index contributed by atoms with van der Waals surface area (Å²) in [5, 5.41) is 0. The first-order chi connectivity index (χ1) is 10.3. The summed E-state index contributed by atoms with van der Waals surface area (Å²) in [5.74, 6) is 0. The normalized spacial score (nSPS) is 14.3. The van der Waals surface area contributed by atoms with Crippen LogP contribution in [0.5, 0.6) is 0 Å². The molecule has 0 aromatic heterocycles. The number of methoxy groups -OCH3 is 4. The monoisotopic (exact) mass is 310 g/mol. The van der Waals surface area contributed by atoms with Crippen molar-refractivity contribution in [1.82, 2.24) is 0 Å². The van der Waals surface area contributed by atoms with Gasteiger partial charge in [-0.1, -0.05) is 0 Å². The molecule has 0 N–H and O–H groups in total. The Morgan fingerprint density at radius 1 is 0.524 bits per heavy atom. The lowest BCUT2D eigenvalue weighted by molar-refractivity contribution is -0.130. The summed E-state index contributed by atoms with van der Waals surface area (Å²) in [4.78, 5) is 0. The van der Waals surface area contributed by atoms with Crippen molar-refractivity contribution in [2.75, 3.05) is 81.3 Å². The Morgan fingerprint density at radius 2 is 0.952 bits per heavy atom. The molecule has 0 amide bonds. The zero-order valence-electron chi connectivity index (χ0n) is 13.7. The standard InChI is InChI=1S/C14H30O7/c1-15-5-7-19-8-10-21-14(12-18-4)13(11-17-3)20-9-6-16-2/h13-14H,5-12H2,1-4H3. The summed E-state index contributed by atoms with van der Waals surface area (Å²) < 4.78 is 37.1. The lowest BCUT2D eigenvalue weighted by atomic mass is 10.2. The molecule has 21 heavy (non-hydrogen) atoms. The molecule has 7 heteroatoms. The molecule has 0 radical (unpaired) electrons. The lowest BCUT2D eigenvalue weighted by Crippen LogP contribution is -2.40. The molecular weight excluding hydrogens is 280 g/mol. The molecule has 7 nitrogen and oxygen atoms in total. The second-order valence-electron chi connectivity index (χ2n) is 4.33. The number of hydrogen-bond acceptors (Lipinski definition) is 7. The van der Waals surface area contributed by atoms with Gasteiger partial charge in [-0.2, -0.15) is 0 Å². The number of hydrogen-bond donors (Lipinski definition) is 0. The predicted octanol–water partition coefficient (Wildman–Crippen LogP) is 0.359. The van der Waals surface area contributed by atoms with Gasteiger partial charge in [0.05, 0.1) is 52.9 Å².